The van der Waals surface area contributed by atoms with Crippen LogP contribution in [0.25, 0.3) is 0 Å². The second-order valence-corrected chi connectivity index (χ2v) is 12.6. The summed E-state index contributed by atoms with van der Waals surface area (Å²) < 4.78 is 17.2. The van der Waals surface area contributed by atoms with E-state index in [1.807, 2.05) is 13.8 Å². The van der Waals surface area contributed by atoms with E-state index in [-0.39, 0.29) is 23.2 Å². The Hall–Kier alpha value is -1.66. The summed E-state index contributed by atoms with van der Waals surface area (Å²) in [6.45, 7) is 16.5. The van der Waals surface area contributed by atoms with Crippen molar-refractivity contribution in [2.75, 3.05) is 19.8 Å². The summed E-state index contributed by atoms with van der Waals surface area (Å²) in [7, 11) is -2.02. The van der Waals surface area contributed by atoms with Crippen LogP contribution in [0.1, 0.15) is 62.3 Å². The number of hydrogen-bond donors (Lipinski definition) is 0. The SMILES string of the molecule is CCOc1cc(C(=O)CO[Si](C)(C)C(C)(C)C)cc(OCC)c1C(C)=O. The van der Waals surface area contributed by atoms with E-state index in [9.17, 15) is 9.59 Å². The zero-order chi connectivity index (χ0) is 20.1. The second kappa shape index (κ2) is 8.82. The number of hydrogen-bond acceptors (Lipinski definition) is 5. The molecule has 0 heterocycles. The molecule has 0 N–H and O–H groups in total. The summed E-state index contributed by atoms with van der Waals surface area (Å²) in [5, 5.41) is 0.0265. The highest BCUT2D eigenvalue weighted by molar-refractivity contribution is 6.74. The molecule has 0 bridgehead atoms. The van der Waals surface area contributed by atoms with Gasteiger partial charge >= 0.3 is 0 Å². The van der Waals surface area contributed by atoms with Crippen LogP contribution in [-0.4, -0.2) is 39.7 Å². The van der Waals surface area contributed by atoms with Crippen LogP contribution in [-0.2, 0) is 4.43 Å². The normalized spacial score (nSPS) is 12.0. The number of carbonyl (C=O) groups excluding carboxylic acids is 2. The molecule has 0 aliphatic heterocycles. The Labute approximate surface area is 158 Å². The fourth-order valence-corrected chi connectivity index (χ4v) is 3.11. The summed E-state index contributed by atoms with van der Waals surface area (Å²) in [6, 6.07) is 3.22. The Morgan fingerprint density at radius 1 is 1.00 bits per heavy atom. The first-order valence-corrected chi connectivity index (χ1v) is 12.0. The molecule has 0 radical (unpaired) electrons. The van der Waals surface area contributed by atoms with Gasteiger partial charge < -0.3 is 13.9 Å². The summed E-state index contributed by atoms with van der Waals surface area (Å²) in [4.78, 5) is 24.7. The van der Waals surface area contributed by atoms with Gasteiger partial charge in [0, 0.05) is 5.56 Å². The smallest absolute Gasteiger partial charge is 0.192 e. The molecule has 6 heteroatoms. The zero-order valence-corrected chi connectivity index (χ0v) is 18.3. The third kappa shape index (κ3) is 5.41. The molecule has 0 fully saturated rings. The molecule has 0 aliphatic rings. The third-order valence-corrected chi connectivity index (χ3v) is 9.19. The van der Waals surface area contributed by atoms with Crippen molar-refractivity contribution in [2.45, 2.75) is 59.7 Å². The Kier molecular flexibility index (Phi) is 7.59. The first-order chi connectivity index (χ1) is 11.9. The molecule has 0 spiro atoms. The van der Waals surface area contributed by atoms with Crippen molar-refractivity contribution in [3.8, 4) is 11.5 Å². The minimum Gasteiger partial charge on any atom is -0.493 e. The van der Waals surface area contributed by atoms with Crippen molar-refractivity contribution in [2.24, 2.45) is 0 Å². The molecule has 1 aromatic carbocycles. The second-order valence-electron chi connectivity index (χ2n) is 7.74. The Bertz CT molecular complexity index is 632. The quantitative estimate of drug-likeness (QED) is 0.451. The molecule has 0 saturated heterocycles. The van der Waals surface area contributed by atoms with E-state index in [0.717, 1.165) is 0 Å². The molecule has 0 atom stereocenters. The first kappa shape index (κ1) is 22.4. The monoisotopic (exact) mass is 380 g/mol. The summed E-state index contributed by atoms with van der Waals surface area (Å²) in [5.74, 6) is 0.448. The maximum atomic E-state index is 12.7. The van der Waals surface area contributed by atoms with E-state index in [2.05, 4.69) is 33.9 Å². The van der Waals surface area contributed by atoms with E-state index in [1.54, 1.807) is 12.1 Å². The van der Waals surface area contributed by atoms with E-state index < -0.39 is 8.32 Å². The summed E-state index contributed by atoms with van der Waals surface area (Å²) >= 11 is 0. The van der Waals surface area contributed by atoms with Crippen LogP contribution in [0.5, 0.6) is 11.5 Å². The maximum absolute atomic E-state index is 12.7. The fourth-order valence-electron chi connectivity index (χ4n) is 2.18. The lowest BCUT2D eigenvalue weighted by Gasteiger charge is -2.35. The summed E-state index contributed by atoms with van der Waals surface area (Å²) in [6.07, 6.45) is 0. The molecule has 1 aromatic rings. The number of Topliss-reactive ketones (excluding diaryl/α,β-unsaturated/α-hetero) is 2. The molecular weight excluding hydrogens is 348 g/mol. The number of carbonyl (C=O) groups is 2. The highest BCUT2D eigenvalue weighted by atomic mass is 28.4. The van der Waals surface area contributed by atoms with Crippen molar-refractivity contribution in [3.63, 3.8) is 0 Å². The van der Waals surface area contributed by atoms with Gasteiger partial charge in [0.05, 0.1) is 19.8 Å². The lowest BCUT2D eigenvalue weighted by Crippen LogP contribution is -2.42. The maximum Gasteiger partial charge on any atom is 0.192 e. The molecule has 146 valence electrons. The van der Waals surface area contributed by atoms with E-state index in [1.165, 1.54) is 6.92 Å². The van der Waals surface area contributed by atoms with Crippen molar-refractivity contribution in [1.29, 1.82) is 0 Å². The number of ketones is 2. The zero-order valence-electron chi connectivity index (χ0n) is 17.3. The van der Waals surface area contributed by atoms with Gasteiger partial charge in [0.25, 0.3) is 0 Å². The molecule has 5 nitrogen and oxygen atoms in total. The first-order valence-electron chi connectivity index (χ1n) is 9.06. The number of rotatable bonds is 9. The van der Waals surface area contributed by atoms with Crippen LogP contribution in [0.15, 0.2) is 12.1 Å². The number of benzene rings is 1. The van der Waals surface area contributed by atoms with Crippen LogP contribution < -0.4 is 9.47 Å². The lowest BCUT2D eigenvalue weighted by atomic mass is 10.0. The molecule has 0 aliphatic carbocycles. The van der Waals surface area contributed by atoms with E-state index in [4.69, 9.17) is 13.9 Å². The van der Waals surface area contributed by atoms with E-state index >= 15 is 0 Å². The van der Waals surface area contributed by atoms with Crippen molar-refractivity contribution >= 4 is 19.9 Å². The predicted molar refractivity (Wildman–Crippen MR) is 106 cm³/mol. The van der Waals surface area contributed by atoms with Gasteiger partial charge in [-0.05, 0) is 51.0 Å². The van der Waals surface area contributed by atoms with Crippen LogP contribution in [0.4, 0.5) is 0 Å². The van der Waals surface area contributed by atoms with Gasteiger partial charge in [0.15, 0.2) is 19.9 Å². The van der Waals surface area contributed by atoms with Gasteiger partial charge in [-0.2, -0.15) is 0 Å². The van der Waals surface area contributed by atoms with Crippen LogP contribution in [0.3, 0.4) is 0 Å². The molecule has 0 amide bonds. The van der Waals surface area contributed by atoms with Crippen molar-refractivity contribution in [1.82, 2.24) is 0 Å². The van der Waals surface area contributed by atoms with E-state index in [0.29, 0.717) is 35.8 Å². The van der Waals surface area contributed by atoms with Gasteiger partial charge in [-0.1, -0.05) is 20.8 Å². The topological polar surface area (TPSA) is 61.8 Å². The highest BCUT2D eigenvalue weighted by Gasteiger charge is 2.37. The molecule has 0 unspecified atom stereocenters. The average Bonchev–Trinajstić information content (AvgIpc) is 2.51. The van der Waals surface area contributed by atoms with Gasteiger partial charge in [-0.3, -0.25) is 9.59 Å². The molecule has 0 saturated carbocycles. The molecule has 0 aromatic heterocycles. The van der Waals surface area contributed by atoms with Gasteiger partial charge in [0.2, 0.25) is 0 Å². The van der Waals surface area contributed by atoms with Crippen molar-refractivity contribution < 1.29 is 23.5 Å². The van der Waals surface area contributed by atoms with Crippen molar-refractivity contribution in [3.05, 3.63) is 23.3 Å². The Morgan fingerprint density at radius 2 is 1.46 bits per heavy atom. The lowest BCUT2D eigenvalue weighted by molar-refractivity contribution is 0.0908. The fraction of sp³-hybridized carbons (Fsp3) is 0.600. The molecule has 26 heavy (non-hydrogen) atoms. The predicted octanol–water partition coefficient (Wildman–Crippen LogP) is 4.89. The number of ether oxygens (including phenoxy) is 2. The largest absolute Gasteiger partial charge is 0.493 e. The average molecular weight is 381 g/mol. The summed E-state index contributed by atoms with van der Waals surface area (Å²) in [5.41, 5.74) is 0.802. The van der Waals surface area contributed by atoms with Gasteiger partial charge in [-0.25, -0.2) is 0 Å². The molecule has 1 rings (SSSR count). The van der Waals surface area contributed by atoms with Gasteiger partial charge in [-0.15, -0.1) is 0 Å². The highest BCUT2D eigenvalue weighted by Crippen LogP contribution is 2.37. The standard InChI is InChI=1S/C20H32O5Si/c1-9-23-17-11-15(12-18(24-10-2)19(17)14(3)21)16(22)13-25-26(7,8)20(4,5)6/h11-12H,9-10,13H2,1-8H3. The minimum absolute atomic E-state index is 0.00698. The Morgan fingerprint density at radius 3 is 1.81 bits per heavy atom. The minimum atomic E-state index is -2.02. The third-order valence-electron chi connectivity index (χ3n) is 4.71. The van der Waals surface area contributed by atoms with Crippen LogP contribution in [0.2, 0.25) is 18.1 Å². The van der Waals surface area contributed by atoms with Gasteiger partial charge in [0.1, 0.15) is 17.1 Å². The molecular formula is C20H32O5Si. The Balaban J connectivity index is 3.19. The van der Waals surface area contributed by atoms with Crippen LogP contribution in [0, 0.1) is 0 Å². The van der Waals surface area contributed by atoms with Crippen LogP contribution >= 0.6 is 0 Å².